The van der Waals surface area contributed by atoms with E-state index in [1.165, 1.54) is 25.7 Å². The molecule has 1 aromatic rings. The summed E-state index contributed by atoms with van der Waals surface area (Å²) in [5, 5.41) is 12.4. The Bertz CT molecular complexity index is 448. The highest BCUT2D eigenvalue weighted by atomic mass is 16.4. The maximum Gasteiger partial charge on any atom is 0.335 e. The van der Waals surface area contributed by atoms with E-state index in [1.807, 2.05) is 13.0 Å². The zero-order valence-corrected chi connectivity index (χ0v) is 11.8. The molecule has 104 valence electrons. The first-order valence-electron chi connectivity index (χ1n) is 7.14. The summed E-state index contributed by atoms with van der Waals surface area (Å²) in [5.41, 5.74) is 2.41. The first-order chi connectivity index (χ1) is 9.06. The third-order valence-corrected chi connectivity index (χ3v) is 4.20. The van der Waals surface area contributed by atoms with Gasteiger partial charge >= 0.3 is 5.97 Å². The Labute approximate surface area is 115 Å². The Morgan fingerprint density at radius 3 is 2.63 bits per heavy atom. The van der Waals surface area contributed by atoms with Crippen molar-refractivity contribution in [3.8, 4) is 0 Å². The van der Waals surface area contributed by atoms with Crippen molar-refractivity contribution < 1.29 is 9.90 Å². The van der Waals surface area contributed by atoms with Crippen molar-refractivity contribution in [2.75, 3.05) is 11.9 Å². The highest BCUT2D eigenvalue weighted by Gasteiger charge is 2.18. The summed E-state index contributed by atoms with van der Waals surface area (Å²) < 4.78 is 0. The number of carboxylic acids is 1. The molecule has 2 N–H and O–H groups in total. The molecule has 1 aromatic carbocycles. The second-order valence-corrected chi connectivity index (χ2v) is 5.84. The van der Waals surface area contributed by atoms with Gasteiger partial charge in [-0.25, -0.2) is 4.79 Å². The molecule has 1 fully saturated rings. The fourth-order valence-corrected chi connectivity index (χ4v) is 2.73. The Hall–Kier alpha value is -1.51. The first-order valence-corrected chi connectivity index (χ1v) is 7.14. The van der Waals surface area contributed by atoms with Gasteiger partial charge in [0.2, 0.25) is 0 Å². The minimum atomic E-state index is -0.866. The Kier molecular flexibility index (Phi) is 4.46. The summed E-state index contributed by atoms with van der Waals surface area (Å²) in [6.07, 6.45) is 5.21. The van der Waals surface area contributed by atoms with E-state index in [4.69, 9.17) is 5.11 Å². The summed E-state index contributed by atoms with van der Waals surface area (Å²) in [5.74, 6) is 0.729. The molecule has 2 rings (SSSR count). The molecule has 19 heavy (non-hydrogen) atoms. The van der Waals surface area contributed by atoms with Crippen molar-refractivity contribution in [2.45, 2.75) is 39.5 Å². The van der Waals surface area contributed by atoms with Gasteiger partial charge in [0.15, 0.2) is 0 Å². The normalized spacial score (nSPS) is 23.1. The Morgan fingerprint density at radius 2 is 2.00 bits per heavy atom. The average Bonchev–Trinajstić information content (AvgIpc) is 2.39. The third-order valence-electron chi connectivity index (χ3n) is 4.20. The Balaban J connectivity index is 1.95. The van der Waals surface area contributed by atoms with Crippen LogP contribution in [0.2, 0.25) is 0 Å². The summed E-state index contributed by atoms with van der Waals surface area (Å²) in [6.45, 7) is 5.29. The molecule has 1 saturated carbocycles. The van der Waals surface area contributed by atoms with E-state index in [1.54, 1.807) is 12.1 Å². The third kappa shape index (κ3) is 3.72. The van der Waals surface area contributed by atoms with Crippen LogP contribution in [0, 0.1) is 18.8 Å². The molecule has 0 bridgehead atoms. The highest BCUT2D eigenvalue weighted by molar-refractivity contribution is 5.89. The van der Waals surface area contributed by atoms with Crippen LogP contribution in [0.1, 0.15) is 48.5 Å². The van der Waals surface area contributed by atoms with Crippen molar-refractivity contribution in [3.05, 3.63) is 29.3 Å². The van der Waals surface area contributed by atoms with Gasteiger partial charge in [-0.15, -0.1) is 0 Å². The van der Waals surface area contributed by atoms with Crippen molar-refractivity contribution in [1.82, 2.24) is 0 Å². The van der Waals surface area contributed by atoms with Crippen LogP contribution in [-0.4, -0.2) is 17.6 Å². The molecule has 0 aliphatic heterocycles. The first kappa shape index (κ1) is 13.9. The van der Waals surface area contributed by atoms with E-state index >= 15 is 0 Å². The van der Waals surface area contributed by atoms with E-state index in [0.717, 1.165) is 29.6 Å². The van der Waals surface area contributed by atoms with Crippen molar-refractivity contribution in [2.24, 2.45) is 11.8 Å². The predicted molar refractivity (Wildman–Crippen MR) is 77.8 cm³/mol. The molecule has 3 nitrogen and oxygen atoms in total. The number of rotatable bonds is 4. The molecule has 0 spiro atoms. The second-order valence-electron chi connectivity index (χ2n) is 5.84. The second kappa shape index (κ2) is 6.09. The number of hydrogen-bond donors (Lipinski definition) is 2. The van der Waals surface area contributed by atoms with Gasteiger partial charge in [0.05, 0.1) is 5.56 Å². The summed E-state index contributed by atoms with van der Waals surface area (Å²) >= 11 is 0. The Morgan fingerprint density at radius 1 is 1.32 bits per heavy atom. The molecule has 3 heteroatoms. The predicted octanol–water partition coefficient (Wildman–Crippen LogP) is 3.93. The monoisotopic (exact) mass is 261 g/mol. The number of anilines is 1. The van der Waals surface area contributed by atoms with Crippen LogP contribution >= 0.6 is 0 Å². The van der Waals surface area contributed by atoms with E-state index < -0.39 is 5.97 Å². The van der Waals surface area contributed by atoms with Gasteiger partial charge in [0, 0.05) is 12.2 Å². The average molecular weight is 261 g/mol. The van der Waals surface area contributed by atoms with Crippen LogP contribution in [0.3, 0.4) is 0 Å². The molecule has 0 amide bonds. The van der Waals surface area contributed by atoms with Crippen LogP contribution in [0.4, 0.5) is 5.69 Å². The molecule has 1 aliphatic carbocycles. The van der Waals surface area contributed by atoms with Crippen LogP contribution in [-0.2, 0) is 0 Å². The molecule has 0 heterocycles. The SMILES string of the molecule is Cc1ccc(C(=O)O)cc1NCC1CCC(C)CC1. The lowest BCUT2D eigenvalue weighted by Gasteiger charge is -2.26. The van der Waals surface area contributed by atoms with Crippen LogP contribution in [0.5, 0.6) is 0 Å². The largest absolute Gasteiger partial charge is 0.478 e. The van der Waals surface area contributed by atoms with Crippen molar-refractivity contribution in [1.29, 1.82) is 0 Å². The molecule has 0 aromatic heterocycles. The topological polar surface area (TPSA) is 49.3 Å². The zero-order chi connectivity index (χ0) is 13.8. The number of hydrogen-bond acceptors (Lipinski definition) is 2. The number of benzene rings is 1. The zero-order valence-electron chi connectivity index (χ0n) is 11.8. The van der Waals surface area contributed by atoms with E-state index in [9.17, 15) is 4.79 Å². The minimum absolute atomic E-state index is 0.352. The number of aromatic carboxylic acids is 1. The fraction of sp³-hybridized carbons (Fsp3) is 0.562. The molecule has 0 atom stereocenters. The lowest BCUT2D eigenvalue weighted by atomic mass is 9.83. The highest BCUT2D eigenvalue weighted by Crippen LogP contribution is 2.28. The smallest absolute Gasteiger partial charge is 0.335 e. The fourth-order valence-electron chi connectivity index (χ4n) is 2.73. The summed E-state index contributed by atoms with van der Waals surface area (Å²) in [7, 11) is 0. The molecular formula is C16H23NO2. The maximum atomic E-state index is 11.0. The molecular weight excluding hydrogens is 238 g/mol. The van der Waals surface area contributed by atoms with Gasteiger partial charge in [-0.2, -0.15) is 0 Å². The molecule has 0 saturated heterocycles. The quantitative estimate of drug-likeness (QED) is 0.863. The van der Waals surface area contributed by atoms with Gasteiger partial charge in [-0.05, 0) is 49.3 Å². The van der Waals surface area contributed by atoms with E-state index in [-0.39, 0.29) is 0 Å². The number of carbonyl (C=O) groups is 1. The molecule has 0 radical (unpaired) electrons. The standard InChI is InChI=1S/C16H23NO2/c1-11-3-6-13(7-4-11)10-17-15-9-14(16(18)19)8-5-12(15)2/h5,8-9,11,13,17H,3-4,6-7,10H2,1-2H3,(H,18,19). The summed E-state index contributed by atoms with van der Waals surface area (Å²) in [6, 6.07) is 5.27. The van der Waals surface area contributed by atoms with Crippen LogP contribution in [0.25, 0.3) is 0 Å². The lowest BCUT2D eigenvalue weighted by molar-refractivity contribution is 0.0697. The summed E-state index contributed by atoms with van der Waals surface area (Å²) in [4.78, 5) is 11.0. The van der Waals surface area contributed by atoms with Gasteiger partial charge in [0.25, 0.3) is 0 Å². The molecule has 1 aliphatic rings. The van der Waals surface area contributed by atoms with Gasteiger partial charge in [0.1, 0.15) is 0 Å². The maximum absolute atomic E-state index is 11.0. The van der Waals surface area contributed by atoms with Crippen LogP contribution < -0.4 is 5.32 Å². The lowest BCUT2D eigenvalue weighted by Crippen LogP contribution is -2.20. The van der Waals surface area contributed by atoms with E-state index in [0.29, 0.717) is 5.56 Å². The van der Waals surface area contributed by atoms with Gasteiger partial charge < -0.3 is 10.4 Å². The van der Waals surface area contributed by atoms with Gasteiger partial charge in [-0.1, -0.05) is 25.8 Å². The number of nitrogens with one attached hydrogen (secondary N) is 1. The molecule has 0 unspecified atom stereocenters. The minimum Gasteiger partial charge on any atom is -0.478 e. The van der Waals surface area contributed by atoms with Crippen molar-refractivity contribution >= 4 is 11.7 Å². The number of aryl methyl sites for hydroxylation is 1. The van der Waals surface area contributed by atoms with E-state index in [2.05, 4.69) is 12.2 Å². The van der Waals surface area contributed by atoms with Crippen LogP contribution in [0.15, 0.2) is 18.2 Å². The van der Waals surface area contributed by atoms with Gasteiger partial charge in [-0.3, -0.25) is 0 Å². The number of carboxylic acid groups (broad SMARTS) is 1. The van der Waals surface area contributed by atoms with Crippen molar-refractivity contribution in [3.63, 3.8) is 0 Å².